The van der Waals surface area contributed by atoms with Crippen LogP contribution in [-0.4, -0.2) is 39.4 Å². The molecule has 0 bridgehead atoms. The van der Waals surface area contributed by atoms with E-state index in [0.29, 0.717) is 24.0 Å². The maximum atomic E-state index is 13.4. The Labute approximate surface area is 215 Å². The van der Waals surface area contributed by atoms with Gasteiger partial charge in [0.1, 0.15) is 17.6 Å². The fourth-order valence-corrected chi connectivity index (χ4v) is 4.36. The molecule has 1 N–H and O–H groups in total. The summed E-state index contributed by atoms with van der Waals surface area (Å²) in [5.41, 5.74) is 2.34. The van der Waals surface area contributed by atoms with Crippen molar-refractivity contribution in [2.75, 3.05) is 11.9 Å². The zero-order valence-electron chi connectivity index (χ0n) is 20.0. The summed E-state index contributed by atoms with van der Waals surface area (Å²) in [6, 6.07) is 22.0. The monoisotopic (exact) mass is 505 g/mol. The topological polar surface area (TPSA) is 61.9 Å². The van der Waals surface area contributed by atoms with Crippen molar-refractivity contribution in [3.8, 4) is 5.75 Å². The Morgan fingerprint density at radius 2 is 1.64 bits per heavy atom. The van der Waals surface area contributed by atoms with Gasteiger partial charge in [0, 0.05) is 12.2 Å². The third-order valence-electron chi connectivity index (χ3n) is 5.84. The van der Waals surface area contributed by atoms with E-state index in [9.17, 15) is 14.0 Å². The van der Waals surface area contributed by atoms with E-state index in [1.165, 1.54) is 17.0 Å². The lowest BCUT2D eigenvalue weighted by Crippen LogP contribution is -2.37. The molecule has 6 nitrogen and oxygen atoms in total. The van der Waals surface area contributed by atoms with E-state index in [1.54, 1.807) is 41.3 Å². The molecule has 36 heavy (non-hydrogen) atoms. The third-order valence-corrected chi connectivity index (χ3v) is 6.30. The number of carbonyl (C=O) groups is 2. The molecule has 2 amide bonds. The highest BCUT2D eigenvalue weighted by atomic mass is 32.1. The first-order chi connectivity index (χ1) is 17.4. The van der Waals surface area contributed by atoms with Crippen LogP contribution < -0.4 is 10.1 Å². The van der Waals surface area contributed by atoms with Crippen LogP contribution in [0.3, 0.4) is 0 Å². The second kappa shape index (κ2) is 11.8. The first kappa shape index (κ1) is 25.3. The summed E-state index contributed by atoms with van der Waals surface area (Å²) in [5, 5.41) is 3.21. The standard InChI is InChI=1S/C28H28FN3O3S/c1-2-16-35-24-14-12-23(13-15-24)30-26(33)17-25-27(34)32(19-20-6-4-3-5-7-20)28(36)31(25)18-21-8-10-22(29)11-9-21/h3-15,25H,2,16-19H2,1H3,(H,30,33)/t25-/m1/s1. The molecular formula is C28H28FN3O3S. The molecule has 8 heteroatoms. The van der Waals surface area contributed by atoms with Gasteiger partial charge in [-0.3, -0.25) is 14.5 Å². The number of rotatable bonds is 10. The van der Waals surface area contributed by atoms with E-state index in [2.05, 4.69) is 5.32 Å². The highest BCUT2D eigenvalue weighted by Gasteiger charge is 2.43. The maximum absolute atomic E-state index is 13.4. The minimum atomic E-state index is -0.765. The lowest BCUT2D eigenvalue weighted by Gasteiger charge is -2.24. The second-order valence-electron chi connectivity index (χ2n) is 8.59. The molecular weight excluding hydrogens is 477 g/mol. The molecule has 0 saturated carbocycles. The number of amides is 2. The highest BCUT2D eigenvalue weighted by Crippen LogP contribution is 2.26. The first-order valence-electron chi connectivity index (χ1n) is 11.9. The van der Waals surface area contributed by atoms with E-state index < -0.39 is 6.04 Å². The van der Waals surface area contributed by atoms with Gasteiger partial charge in [0.15, 0.2) is 5.11 Å². The van der Waals surface area contributed by atoms with Crippen molar-refractivity contribution >= 4 is 34.8 Å². The van der Waals surface area contributed by atoms with Crippen molar-refractivity contribution in [2.45, 2.75) is 38.9 Å². The lowest BCUT2D eigenvalue weighted by atomic mass is 10.1. The van der Waals surface area contributed by atoms with Gasteiger partial charge < -0.3 is 15.0 Å². The Hall–Kier alpha value is -3.78. The predicted octanol–water partition coefficient (Wildman–Crippen LogP) is 5.14. The number of carbonyl (C=O) groups excluding carboxylic acids is 2. The van der Waals surface area contributed by atoms with Crippen LogP contribution in [0, 0.1) is 5.82 Å². The quantitative estimate of drug-likeness (QED) is 0.387. The molecule has 0 aliphatic carbocycles. The largest absolute Gasteiger partial charge is 0.494 e. The van der Waals surface area contributed by atoms with Gasteiger partial charge in [-0.2, -0.15) is 0 Å². The molecule has 4 rings (SSSR count). The Morgan fingerprint density at radius 3 is 2.31 bits per heavy atom. The van der Waals surface area contributed by atoms with Gasteiger partial charge >= 0.3 is 0 Å². The van der Waals surface area contributed by atoms with Gasteiger partial charge in [0.2, 0.25) is 5.91 Å². The fourth-order valence-electron chi connectivity index (χ4n) is 4.01. The Morgan fingerprint density at radius 1 is 0.972 bits per heavy atom. The van der Waals surface area contributed by atoms with Crippen LogP contribution in [0.15, 0.2) is 78.9 Å². The summed E-state index contributed by atoms with van der Waals surface area (Å²) in [4.78, 5) is 29.7. The van der Waals surface area contributed by atoms with Gasteiger partial charge in [-0.25, -0.2) is 4.39 Å². The Bertz CT molecular complexity index is 1200. The smallest absolute Gasteiger partial charge is 0.252 e. The lowest BCUT2D eigenvalue weighted by molar-refractivity contribution is -0.131. The van der Waals surface area contributed by atoms with Crippen molar-refractivity contribution in [2.24, 2.45) is 0 Å². The number of hydrogen-bond acceptors (Lipinski definition) is 4. The van der Waals surface area contributed by atoms with Crippen LogP contribution in [-0.2, 0) is 22.7 Å². The predicted molar refractivity (Wildman–Crippen MR) is 141 cm³/mol. The average Bonchev–Trinajstić information content (AvgIpc) is 3.09. The molecule has 0 aromatic heterocycles. The van der Waals surface area contributed by atoms with Crippen molar-refractivity contribution in [1.82, 2.24) is 9.80 Å². The molecule has 1 saturated heterocycles. The Kier molecular flexibility index (Phi) is 8.28. The number of halogens is 1. The molecule has 0 spiro atoms. The molecule has 0 radical (unpaired) electrons. The fraction of sp³-hybridized carbons (Fsp3) is 0.250. The van der Waals surface area contributed by atoms with Crippen molar-refractivity contribution in [3.05, 3.63) is 95.8 Å². The molecule has 3 aromatic rings. The summed E-state index contributed by atoms with van der Waals surface area (Å²) in [5.74, 6) is -0.145. The van der Waals surface area contributed by atoms with Gasteiger partial charge in [-0.1, -0.05) is 49.4 Å². The maximum Gasteiger partial charge on any atom is 0.252 e. The minimum absolute atomic E-state index is 0.0699. The van der Waals surface area contributed by atoms with E-state index >= 15 is 0 Å². The van der Waals surface area contributed by atoms with Gasteiger partial charge in [0.25, 0.3) is 5.91 Å². The van der Waals surface area contributed by atoms with Crippen LogP contribution in [0.4, 0.5) is 10.1 Å². The number of benzene rings is 3. The number of ether oxygens (including phenoxy) is 1. The van der Waals surface area contributed by atoms with Crippen molar-refractivity contribution in [1.29, 1.82) is 0 Å². The van der Waals surface area contributed by atoms with Crippen LogP contribution in [0.2, 0.25) is 0 Å². The molecule has 1 heterocycles. The van der Waals surface area contributed by atoms with Gasteiger partial charge in [0.05, 0.1) is 19.6 Å². The zero-order chi connectivity index (χ0) is 25.5. The van der Waals surface area contributed by atoms with Crippen LogP contribution >= 0.6 is 12.2 Å². The van der Waals surface area contributed by atoms with E-state index in [-0.39, 0.29) is 30.6 Å². The molecule has 1 fully saturated rings. The number of anilines is 1. The SMILES string of the molecule is CCCOc1ccc(NC(=O)C[C@@H]2C(=O)N(Cc3ccccc3)C(=S)N2Cc2ccc(F)cc2)cc1. The highest BCUT2D eigenvalue weighted by molar-refractivity contribution is 7.80. The van der Waals surface area contributed by atoms with Crippen LogP contribution in [0.25, 0.3) is 0 Å². The van der Waals surface area contributed by atoms with Crippen molar-refractivity contribution < 1.29 is 18.7 Å². The molecule has 3 aromatic carbocycles. The van der Waals surface area contributed by atoms with Crippen LogP contribution in [0.1, 0.15) is 30.9 Å². The summed E-state index contributed by atoms with van der Waals surface area (Å²) >= 11 is 5.68. The summed E-state index contributed by atoms with van der Waals surface area (Å²) in [6.45, 7) is 3.26. The van der Waals surface area contributed by atoms with E-state index in [0.717, 1.165) is 23.3 Å². The number of nitrogens with one attached hydrogen (secondary N) is 1. The molecule has 1 atom stereocenters. The number of nitrogens with zero attached hydrogens (tertiary/aromatic N) is 2. The second-order valence-corrected chi connectivity index (χ2v) is 8.95. The molecule has 0 unspecified atom stereocenters. The van der Waals surface area contributed by atoms with E-state index in [1.807, 2.05) is 37.3 Å². The molecule has 1 aliphatic heterocycles. The van der Waals surface area contributed by atoms with Crippen LogP contribution in [0.5, 0.6) is 5.75 Å². The number of thiocarbonyl (C=S) groups is 1. The summed E-state index contributed by atoms with van der Waals surface area (Å²) < 4.78 is 19.0. The molecule has 1 aliphatic rings. The molecule has 186 valence electrons. The zero-order valence-corrected chi connectivity index (χ0v) is 20.8. The summed E-state index contributed by atoms with van der Waals surface area (Å²) in [7, 11) is 0. The van der Waals surface area contributed by atoms with Crippen molar-refractivity contribution in [3.63, 3.8) is 0 Å². The first-order valence-corrected chi connectivity index (χ1v) is 12.3. The normalized spacial score (nSPS) is 15.3. The van der Waals surface area contributed by atoms with Gasteiger partial charge in [-0.15, -0.1) is 0 Å². The minimum Gasteiger partial charge on any atom is -0.494 e. The van der Waals surface area contributed by atoms with E-state index in [4.69, 9.17) is 17.0 Å². The average molecular weight is 506 g/mol. The van der Waals surface area contributed by atoms with Gasteiger partial charge in [-0.05, 0) is 66.2 Å². The third kappa shape index (κ3) is 6.26. The summed E-state index contributed by atoms with van der Waals surface area (Å²) in [6.07, 6.45) is 0.838. The Balaban J connectivity index is 1.49. The number of hydrogen-bond donors (Lipinski definition) is 1.